The van der Waals surface area contributed by atoms with Gasteiger partial charge in [-0.25, -0.2) is 9.52 Å². The number of hydrogen-bond donors (Lipinski definition) is 0. The van der Waals surface area contributed by atoms with Crippen molar-refractivity contribution in [2.45, 2.75) is 32.4 Å². The quantitative estimate of drug-likeness (QED) is 0.695. The smallest absolute Gasteiger partial charge is 0.397 e. The van der Waals surface area contributed by atoms with E-state index >= 15 is 0 Å². The normalized spacial score (nSPS) is 17.8. The second kappa shape index (κ2) is 3.22. The summed E-state index contributed by atoms with van der Waals surface area (Å²) in [6.45, 7) is 4.71. The number of ether oxygens (including phenoxy) is 1. The van der Waals surface area contributed by atoms with Crippen molar-refractivity contribution >= 4 is 5.69 Å². The first kappa shape index (κ1) is 9.95. The summed E-state index contributed by atoms with van der Waals surface area (Å²) in [7, 11) is 1.31. The summed E-state index contributed by atoms with van der Waals surface area (Å²) in [5.74, 6) is 0.475. The average Bonchev–Trinajstić information content (AvgIpc) is 2.58. The van der Waals surface area contributed by atoms with E-state index in [2.05, 4.69) is 9.94 Å². The van der Waals surface area contributed by atoms with Crippen molar-refractivity contribution in [3.05, 3.63) is 11.1 Å². The summed E-state index contributed by atoms with van der Waals surface area (Å²) in [5, 5.41) is 4.06. The molecule has 2 rings (SSSR count). The van der Waals surface area contributed by atoms with Gasteiger partial charge in [-0.3, -0.25) is 0 Å². The lowest BCUT2D eigenvalue weighted by Crippen LogP contribution is -2.35. The van der Waals surface area contributed by atoms with E-state index < -0.39 is 0 Å². The molecule has 6 heteroatoms. The van der Waals surface area contributed by atoms with Crippen molar-refractivity contribution in [3.8, 4) is 5.88 Å². The first-order chi connectivity index (χ1) is 7.03. The Hall–Kier alpha value is -1.59. The molecule has 0 radical (unpaired) electrons. The molecule has 0 bridgehead atoms. The Labute approximate surface area is 87.3 Å². The van der Waals surface area contributed by atoms with Crippen LogP contribution in [0.5, 0.6) is 5.88 Å². The summed E-state index contributed by atoms with van der Waals surface area (Å²) < 4.78 is 7.36. The number of aromatic nitrogens is 2. The Morgan fingerprint density at radius 2 is 2.40 bits per heavy atom. The molecule has 1 aliphatic heterocycles. The monoisotopic (exact) mass is 212 g/mol. The second-order valence-electron chi connectivity index (χ2n) is 4.11. The van der Waals surface area contributed by atoms with E-state index in [0.717, 1.165) is 13.0 Å². The maximum Gasteiger partial charge on any atom is 0.397 e. The lowest BCUT2D eigenvalue weighted by atomic mass is 10.0. The van der Waals surface area contributed by atoms with Crippen LogP contribution in [0.1, 0.15) is 20.3 Å². The minimum absolute atomic E-state index is 0.265. The Bertz CT molecular complexity index is 397. The second-order valence-corrected chi connectivity index (χ2v) is 4.11. The first-order valence-electron chi connectivity index (χ1n) is 4.80. The van der Waals surface area contributed by atoms with Crippen LogP contribution in [0.25, 0.3) is 0 Å². The van der Waals surface area contributed by atoms with Crippen molar-refractivity contribution in [1.82, 2.24) is 9.78 Å². The largest absolute Gasteiger partial charge is 0.467 e. The molecular formula is C9H14N3O3+. The Kier molecular flexibility index (Phi) is 2.13. The van der Waals surface area contributed by atoms with Crippen LogP contribution in [0, 0.1) is 4.91 Å². The van der Waals surface area contributed by atoms with Gasteiger partial charge in [0.05, 0.1) is 4.91 Å². The van der Waals surface area contributed by atoms with Gasteiger partial charge >= 0.3 is 5.69 Å². The summed E-state index contributed by atoms with van der Waals surface area (Å²) in [6.07, 6.45) is 2.32. The molecule has 1 aromatic rings. The van der Waals surface area contributed by atoms with Gasteiger partial charge in [0.15, 0.2) is 7.11 Å². The standard InChI is InChI=1S/C9H14N3O3/c1-9(2)4-5-11-8(15-9)7(6-10-11)12(13)14-3/h6H,4-5H2,1-3H3/q+1. The molecule has 0 fully saturated rings. The third-order valence-corrected chi connectivity index (χ3v) is 2.43. The third-order valence-electron chi connectivity index (χ3n) is 2.43. The zero-order valence-electron chi connectivity index (χ0n) is 9.06. The Morgan fingerprint density at radius 1 is 1.67 bits per heavy atom. The van der Waals surface area contributed by atoms with Crippen LogP contribution in [-0.4, -0.2) is 27.4 Å². The predicted molar refractivity (Wildman–Crippen MR) is 51.8 cm³/mol. The lowest BCUT2D eigenvalue weighted by Gasteiger charge is -2.30. The highest BCUT2D eigenvalue weighted by Crippen LogP contribution is 2.35. The van der Waals surface area contributed by atoms with Gasteiger partial charge in [0, 0.05) is 13.0 Å². The molecule has 0 N–H and O–H groups in total. The van der Waals surface area contributed by atoms with E-state index in [-0.39, 0.29) is 5.60 Å². The van der Waals surface area contributed by atoms with E-state index in [1.807, 2.05) is 13.8 Å². The number of hydrogen-bond acceptors (Lipinski definition) is 4. The van der Waals surface area contributed by atoms with Crippen LogP contribution >= 0.6 is 0 Å². The predicted octanol–water partition coefficient (Wildman–Crippen LogP) is 1.42. The molecule has 0 aliphatic carbocycles. The van der Waals surface area contributed by atoms with Crippen LogP contribution in [0.15, 0.2) is 6.20 Å². The molecule has 2 heterocycles. The van der Waals surface area contributed by atoms with Crippen LogP contribution in [0.3, 0.4) is 0 Å². The highest BCUT2D eigenvalue weighted by molar-refractivity contribution is 5.39. The van der Waals surface area contributed by atoms with E-state index in [1.165, 1.54) is 13.3 Å². The topological polar surface area (TPSA) is 56.4 Å². The van der Waals surface area contributed by atoms with Crippen LogP contribution in [-0.2, 0) is 11.4 Å². The molecule has 0 spiro atoms. The van der Waals surface area contributed by atoms with Gasteiger partial charge in [0.1, 0.15) is 11.8 Å². The molecule has 0 atom stereocenters. The average molecular weight is 212 g/mol. The molecule has 0 aromatic carbocycles. The lowest BCUT2D eigenvalue weighted by molar-refractivity contribution is -0.737. The van der Waals surface area contributed by atoms with Crippen molar-refractivity contribution in [1.29, 1.82) is 0 Å². The molecule has 0 saturated heterocycles. The molecule has 0 saturated carbocycles. The number of nitrogens with zero attached hydrogens (tertiary/aromatic N) is 3. The number of fused-ring (bicyclic) bond motifs is 1. The van der Waals surface area contributed by atoms with Crippen LogP contribution < -0.4 is 4.74 Å². The maximum atomic E-state index is 11.3. The van der Waals surface area contributed by atoms with Crippen LogP contribution in [0.2, 0.25) is 0 Å². The van der Waals surface area contributed by atoms with Gasteiger partial charge in [0.25, 0.3) is 10.8 Å². The first-order valence-corrected chi connectivity index (χ1v) is 4.80. The summed E-state index contributed by atoms with van der Waals surface area (Å²) in [5.41, 5.74) is 0.0459. The van der Waals surface area contributed by atoms with Gasteiger partial charge in [-0.15, -0.1) is 0 Å². The molecule has 6 nitrogen and oxygen atoms in total. The van der Waals surface area contributed by atoms with Crippen molar-refractivity contribution in [3.63, 3.8) is 0 Å². The maximum absolute atomic E-state index is 11.3. The van der Waals surface area contributed by atoms with E-state index in [1.54, 1.807) is 4.68 Å². The molecule has 0 unspecified atom stereocenters. The Balaban J connectivity index is 2.38. The molecule has 15 heavy (non-hydrogen) atoms. The third kappa shape index (κ3) is 1.67. The van der Waals surface area contributed by atoms with E-state index in [0.29, 0.717) is 16.5 Å². The molecular weight excluding hydrogens is 198 g/mol. The fourth-order valence-electron chi connectivity index (χ4n) is 1.54. The van der Waals surface area contributed by atoms with Gasteiger partial charge in [-0.1, -0.05) is 0 Å². The summed E-state index contributed by atoms with van der Waals surface area (Å²) >= 11 is 0. The molecule has 82 valence electrons. The zero-order chi connectivity index (χ0) is 11.1. The minimum Gasteiger partial charge on any atom is -0.467 e. The van der Waals surface area contributed by atoms with Gasteiger partial charge < -0.3 is 4.74 Å². The minimum atomic E-state index is -0.265. The van der Waals surface area contributed by atoms with Crippen molar-refractivity contribution < 1.29 is 14.5 Å². The summed E-state index contributed by atoms with van der Waals surface area (Å²) in [6, 6.07) is 0. The highest BCUT2D eigenvalue weighted by atomic mass is 16.8. The van der Waals surface area contributed by atoms with E-state index in [9.17, 15) is 4.91 Å². The van der Waals surface area contributed by atoms with Gasteiger partial charge in [0.2, 0.25) is 0 Å². The molecule has 1 aromatic heterocycles. The highest BCUT2D eigenvalue weighted by Gasteiger charge is 2.36. The number of aryl methyl sites for hydroxylation is 1. The van der Waals surface area contributed by atoms with Gasteiger partial charge in [-0.05, 0) is 13.8 Å². The Morgan fingerprint density at radius 3 is 3.07 bits per heavy atom. The molecule has 1 aliphatic rings. The van der Waals surface area contributed by atoms with Gasteiger partial charge in [-0.2, -0.15) is 5.10 Å². The fraction of sp³-hybridized carbons (Fsp3) is 0.667. The number of rotatable bonds is 2. The van der Waals surface area contributed by atoms with Crippen LogP contribution in [0.4, 0.5) is 5.69 Å². The van der Waals surface area contributed by atoms with E-state index in [4.69, 9.17) is 4.74 Å². The fourth-order valence-corrected chi connectivity index (χ4v) is 1.54. The zero-order valence-corrected chi connectivity index (χ0v) is 9.06. The summed E-state index contributed by atoms with van der Waals surface area (Å²) in [4.78, 5) is 16.3. The van der Waals surface area contributed by atoms with Crippen molar-refractivity contribution in [2.75, 3.05) is 7.11 Å². The SMILES string of the molecule is CO[N+](=O)c1cnn2c1OC(C)(C)CC2. The van der Waals surface area contributed by atoms with Crippen molar-refractivity contribution in [2.24, 2.45) is 0 Å². The molecule has 0 amide bonds.